The Labute approximate surface area is 106 Å². The van der Waals surface area contributed by atoms with Gasteiger partial charge in [-0.05, 0) is 32.9 Å². The van der Waals surface area contributed by atoms with Crippen molar-refractivity contribution in [2.75, 3.05) is 0 Å². The lowest BCUT2D eigenvalue weighted by Gasteiger charge is -2.12. The van der Waals surface area contributed by atoms with Crippen LogP contribution in [0.2, 0.25) is 5.02 Å². The van der Waals surface area contributed by atoms with Crippen LogP contribution in [0.15, 0.2) is 24.5 Å². The smallest absolute Gasteiger partial charge is 0.255 e. The molecule has 0 atom stereocenters. The van der Waals surface area contributed by atoms with Crippen LogP contribution in [-0.2, 0) is 4.79 Å². The minimum absolute atomic E-state index is 0.000958. The highest BCUT2D eigenvalue weighted by molar-refractivity contribution is 6.34. The summed E-state index contributed by atoms with van der Waals surface area (Å²) in [7, 11) is 0. The number of hydrogen-bond acceptors (Lipinski definition) is 2. The Morgan fingerprint density at radius 1 is 1.47 bits per heavy atom. The number of hydrogen-bond donors (Lipinski definition) is 2. The summed E-state index contributed by atoms with van der Waals surface area (Å²) >= 11 is 6.02. The monoisotopic (exact) mass is 253 g/mol. The average Bonchev–Trinajstić information content (AvgIpc) is 2.23. The number of carbonyl (C=O) groups excluding carboxylic acids is 1. The topological polar surface area (TPSA) is 49.3 Å². The maximum Gasteiger partial charge on any atom is 0.255 e. The molecule has 0 bridgehead atoms. The fourth-order valence-corrected chi connectivity index (χ4v) is 1.66. The van der Waals surface area contributed by atoms with Gasteiger partial charge < -0.3 is 10.4 Å². The van der Waals surface area contributed by atoms with Gasteiger partial charge in [0.15, 0.2) is 0 Å². The number of aryl methyl sites for hydroxylation is 1. The second kappa shape index (κ2) is 5.73. The summed E-state index contributed by atoms with van der Waals surface area (Å²) in [5.41, 5.74) is 1.68. The number of halogens is 1. The van der Waals surface area contributed by atoms with E-state index in [4.69, 9.17) is 11.6 Å². The summed E-state index contributed by atoms with van der Waals surface area (Å²) in [5.74, 6) is -0.338. The fraction of sp³-hybridized carbons (Fsp3) is 0.308. The molecule has 0 aromatic heterocycles. The zero-order valence-electron chi connectivity index (χ0n) is 10.1. The maximum absolute atomic E-state index is 11.9. The lowest BCUT2D eigenvalue weighted by Crippen LogP contribution is -2.30. The van der Waals surface area contributed by atoms with Gasteiger partial charge in [-0.2, -0.15) is 0 Å². The van der Waals surface area contributed by atoms with Gasteiger partial charge in [-0.3, -0.25) is 4.79 Å². The molecule has 4 heteroatoms. The van der Waals surface area contributed by atoms with Crippen molar-refractivity contribution in [3.8, 4) is 0 Å². The summed E-state index contributed by atoms with van der Waals surface area (Å²) in [5, 5.41) is 12.3. The highest BCUT2D eigenvalue weighted by atomic mass is 35.5. The Bertz CT molecular complexity index is 453. The van der Waals surface area contributed by atoms with Crippen molar-refractivity contribution in [1.82, 2.24) is 5.32 Å². The van der Waals surface area contributed by atoms with Gasteiger partial charge in [-0.25, -0.2) is 0 Å². The summed E-state index contributed by atoms with van der Waals surface area (Å²) in [4.78, 5) is 11.9. The van der Waals surface area contributed by atoms with Gasteiger partial charge >= 0.3 is 0 Å². The van der Waals surface area contributed by atoms with Crippen LogP contribution in [0.25, 0.3) is 5.57 Å². The molecule has 1 rings (SSSR count). The molecule has 92 valence electrons. The molecule has 0 aliphatic carbocycles. The molecule has 0 aliphatic heterocycles. The summed E-state index contributed by atoms with van der Waals surface area (Å²) < 4.78 is 0. The molecule has 0 radical (unpaired) electrons. The molecule has 1 aromatic rings. The lowest BCUT2D eigenvalue weighted by atomic mass is 10.0. The normalized spacial score (nSPS) is 11.7. The predicted molar refractivity (Wildman–Crippen MR) is 70.1 cm³/mol. The zero-order chi connectivity index (χ0) is 13.0. The van der Waals surface area contributed by atoms with Crippen LogP contribution in [0, 0.1) is 6.92 Å². The second-order valence-electron chi connectivity index (χ2n) is 4.15. The molecular formula is C13H16ClNO2. The number of nitrogens with one attached hydrogen (secondary N) is 1. The third-order valence-electron chi connectivity index (χ3n) is 2.21. The zero-order valence-corrected chi connectivity index (χ0v) is 10.9. The number of benzene rings is 1. The first kappa shape index (κ1) is 13.6. The molecule has 2 N–H and O–H groups in total. The minimum atomic E-state index is -0.338. The molecule has 0 spiro atoms. The van der Waals surface area contributed by atoms with E-state index in [1.165, 1.54) is 0 Å². The van der Waals surface area contributed by atoms with Crippen LogP contribution in [0.4, 0.5) is 0 Å². The number of rotatable bonds is 3. The average molecular weight is 254 g/mol. The SMILES string of the molecule is Cc1ccc(Cl)c(/C(=C\O)C(=O)NC(C)C)c1. The largest absolute Gasteiger partial charge is 0.515 e. The standard InChI is InChI=1S/C13H16ClNO2/c1-8(2)15-13(17)11(7-16)10-6-9(3)4-5-12(10)14/h4-8,16H,1-3H3,(H,15,17)/b11-7+. The van der Waals surface area contributed by atoms with Crippen molar-refractivity contribution >= 4 is 23.1 Å². The Morgan fingerprint density at radius 2 is 2.12 bits per heavy atom. The van der Waals surface area contributed by atoms with Crippen molar-refractivity contribution in [1.29, 1.82) is 0 Å². The van der Waals surface area contributed by atoms with Gasteiger partial charge in [0, 0.05) is 16.6 Å². The van der Waals surface area contributed by atoms with E-state index in [2.05, 4.69) is 5.32 Å². The van der Waals surface area contributed by atoms with Gasteiger partial charge in [0.25, 0.3) is 5.91 Å². The molecular weight excluding hydrogens is 238 g/mol. The maximum atomic E-state index is 11.9. The summed E-state index contributed by atoms with van der Waals surface area (Å²) in [6, 6.07) is 5.32. The Kier molecular flexibility index (Phi) is 4.58. The predicted octanol–water partition coefficient (Wildman–Crippen LogP) is 3.07. The van der Waals surface area contributed by atoms with E-state index < -0.39 is 0 Å². The summed E-state index contributed by atoms with van der Waals surface area (Å²) in [6.07, 6.45) is 0.790. The van der Waals surface area contributed by atoms with E-state index in [1.807, 2.05) is 26.8 Å². The molecule has 1 amide bonds. The third-order valence-corrected chi connectivity index (χ3v) is 2.54. The summed E-state index contributed by atoms with van der Waals surface area (Å²) in [6.45, 7) is 5.60. The first-order valence-corrected chi connectivity index (χ1v) is 5.75. The van der Waals surface area contributed by atoms with Gasteiger partial charge in [0.2, 0.25) is 0 Å². The van der Waals surface area contributed by atoms with Crippen molar-refractivity contribution < 1.29 is 9.90 Å². The van der Waals surface area contributed by atoms with Crippen LogP contribution < -0.4 is 5.32 Å². The Morgan fingerprint density at radius 3 is 2.65 bits per heavy atom. The van der Waals surface area contributed by atoms with Crippen molar-refractivity contribution in [3.05, 3.63) is 40.6 Å². The van der Waals surface area contributed by atoms with Gasteiger partial charge in [0.05, 0.1) is 11.8 Å². The van der Waals surface area contributed by atoms with Crippen molar-refractivity contribution in [2.24, 2.45) is 0 Å². The van der Waals surface area contributed by atoms with E-state index in [0.29, 0.717) is 10.6 Å². The first-order chi connectivity index (χ1) is 7.95. The van der Waals surface area contributed by atoms with E-state index in [0.717, 1.165) is 11.8 Å². The molecule has 0 fully saturated rings. The number of aliphatic hydroxyl groups is 1. The Balaban J connectivity index is 3.11. The van der Waals surface area contributed by atoms with Crippen LogP contribution in [0.3, 0.4) is 0 Å². The van der Waals surface area contributed by atoms with Crippen LogP contribution in [0.5, 0.6) is 0 Å². The number of aliphatic hydroxyl groups excluding tert-OH is 1. The van der Waals surface area contributed by atoms with Crippen LogP contribution >= 0.6 is 11.6 Å². The highest BCUT2D eigenvalue weighted by Crippen LogP contribution is 2.25. The van der Waals surface area contributed by atoms with Gasteiger partial charge in [-0.1, -0.05) is 23.2 Å². The molecule has 17 heavy (non-hydrogen) atoms. The van der Waals surface area contributed by atoms with Gasteiger partial charge in [0.1, 0.15) is 0 Å². The van der Waals surface area contributed by atoms with Crippen LogP contribution in [0.1, 0.15) is 25.0 Å². The first-order valence-electron chi connectivity index (χ1n) is 5.37. The fourth-order valence-electron chi connectivity index (χ4n) is 1.44. The molecule has 0 saturated carbocycles. The van der Waals surface area contributed by atoms with E-state index >= 15 is 0 Å². The second-order valence-corrected chi connectivity index (χ2v) is 4.56. The van der Waals surface area contributed by atoms with E-state index in [-0.39, 0.29) is 17.5 Å². The quantitative estimate of drug-likeness (QED) is 0.643. The molecule has 1 aromatic carbocycles. The molecule has 0 saturated heterocycles. The van der Waals surface area contributed by atoms with E-state index in [9.17, 15) is 9.90 Å². The highest BCUT2D eigenvalue weighted by Gasteiger charge is 2.16. The van der Waals surface area contributed by atoms with E-state index in [1.54, 1.807) is 12.1 Å². The third kappa shape index (κ3) is 3.49. The van der Waals surface area contributed by atoms with Crippen molar-refractivity contribution in [3.63, 3.8) is 0 Å². The lowest BCUT2D eigenvalue weighted by molar-refractivity contribution is -0.116. The Hall–Kier alpha value is -1.48. The number of amides is 1. The number of carbonyl (C=O) groups is 1. The van der Waals surface area contributed by atoms with Crippen LogP contribution in [-0.4, -0.2) is 17.1 Å². The van der Waals surface area contributed by atoms with Gasteiger partial charge in [-0.15, -0.1) is 0 Å². The molecule has 3 nitrogen and oxygen atoms in total. The minimum Gasteiger partial charge on any atom is -0.515 e. The molecule has 0 aliphatic rings. The molecule has 0 heterocycles. The molecule has 0 unspecified atom stereocenters. The van der Waals surface area contributed by atoms with Crippen molar-refractivity contribution in [2.45, 2.75) is 26.8 Å².